The number of carbonyl (C=O) groups excluding carboxylic acids is 1. The average molecular weight is 250 g/mol. The summed E-state index contributed by atoms with van der Waals surface area (Å²) in [5, 5.41) is 2.82. The number of nitrogens with one attached hydrogen (secondary N) is 1. The molecule has 100 valence electrons. The molecule has 0 bridgehead atoms. The van der Waals surface area contributed by atoms with Gasteiger partial charge in [-0.2, -0.15) is 0 Å². The molecule has 18 heavy (non-hydrogen) atoms. The van der Waals surface area contributed by atoms with E-state index >= 15 is 0 Å². The van der Waals surface area contributed by atoms with Gasteiger partial charge in [0.25, 0.3) is 0 Å². The minimum Gasteiger partial charge on any atom is -0.382 e. The quantitative estimate of drug-likeness (QED) is 0.679. The summed E-state index contributed by atoms with van der Waals surface area (Å²) in [6, 6.07) is 9.30. The molecule has 0 unspecified atom stereocenters. The van der Waals surface area contributed by atoms with Gasteiger partial charge in [-0.15, -0.1) is 0 Å². The fourth-order valence-corrected chi connectivity index (χ4v) is 1.62. The summed E-state index contributed by atoms with van der Waals surface area (Å²) < 4.78 is 5.19. The van der Waals surface area contributed by atoms with Gasteiger partial charge in [-0.25, -0.2) is 0 Å². The Bertz CT molecular complexity index is 341. The Hall–Kier alpha value is -1.39. The Balaban J connectivity index is 2.21. The molecule has 1 atom stereocenters. The third-order valence-electron chi connectivity index (χ3n) is 2.60. The first-order valence-corrected chi connectivity index (χ1v) is 6.39. The lowest BCUT2D eigenvalue weighted by Crippen LogP contribution is -2.42. The Kier molecular flexibility index (Phi) is 7.06. The van der Waals surface area contributed by atoms with Crippen molar-refractivity contribution in [3.63, 3.8) is 0 Å². The van der Waals surface area contributed by atoms with Crippen LogP contribution in [0.15, 0.2) is 30.3 Å². The van der Waals surface area contributed by atoms with Crippen molar-refractivity contribution in [2.75, 3.05) is 19.8 Å². The maximum absolute atomic E-state index is 11.7. The van der Waals surface area contributed by atoms with E-state index in [2.05, 4.69) is 5.32 Å². The molecular formula is C14H22N2O2. The largest absolute Gasteiger partial charge is 0.382 e. The number of benzene rings is 1. The number of rotatable bonds is 8. The second-order valence-corrected chi connectivity index (χ2v) is 4.14. The number of hydrogen-bond acceptors (Lipinski definition) is 3. The van der Waals surface area contributed by atoms with E-state index in [9.17, 15) is 4.79 Å². The monoisotopic (exact) mass is 250 g/mol. The van der Waals surface area contributed by atoms with Gasteiger partial charge in [0.15, 0.2) is 0 Å². The standard InChI is InChI=1S/C14H22N2O2/c1-2-18-10-6-9-16-14(17)13(15)11-12-7-4-3-5-8-12/h3-5,7-8,13H,2,6,9-11,15H2,1H3,(H,16,17)/t13-/m1/s1. The first kappa shape index (κ1) is 14.7. The first-order valence-electron chi connectivity index (χ1n) is 6.39. The maximum atomic E-state index is 11.7. The van der Waals surface area contributed by atoms with Gasteiger partial charge in [-0.05, 0) is 25.3 Å². The van der Waals surface area contributed by atoms with Crippen LogP contribution in [0.3, 0.4) is 0 Å². The topological polar surface area (TPSA) is 64.3 Å². The van der Waals surface area contributed by atoms with Crippen LogP contribution in [0.1, 0.15) is 18.9 Å². The lowest BCUT2D eigenvalue weighted by molar-refractivity contribution is -0.122. The van der Waals surface area contributed by atoms with Crippen LogP contribution in [0, 0.1) is 0 Å². The molecule has 1 aromatic rings. The van der Waals surface area contributed by atoms with Crippen LogP contribution in [0.2, 0.25) is 0 Å². The Morgan fingerprint density at radius 2 is 2.11 bits per heavy atom. The van der Waals surface area contributed by atoms with Gasteiger partial charge in [0.2, 0.25) is 5.91 Å². The maximum Gasteiger partial charge on any atom is 0.237 e. The first-order chi connectivity index (χ1) is 8.74. The molecule has 4 nitrogen and oxygen atoms in total. The molecule has 0 fully saturated rings. The van der Waals surface area contributed by atoms with E-state index in [0.717, 1.165) is 12.0 Å². The van der Waals surface area contributed by atoms with Crippen LogP contribution in [-0.4, -0.2) is 31.7 Å². The van der Waals surface area contributed by atoms with Crippen LogP contribution in [0.4, 0.5) is 0 Å². The minimum atomic E-state index is -0.487. The molecule has 0 saturated heterocycles. The molecule has 0 heterocycles. The summed E-state index contributed by atoms with van der Waals surface area (Å²) in [6.07, 6.45) is 1.38. The lowest BCUT2D eigenvalue weighted by atomic mass is 10.1. The highest BCUT2D eigenvalue weighted by Gasteiger charge is 2.12. The van der Waals surface area contributed by atoms with E-state index < -0.39 is 6.04 Å². The van der Waals surface area contributed by atoms with E-state index in [1.165, 1.54) is 0 Å². The molecule has 3 N–H and O–H groups in total. The molecule has 0 aliphatic heterocycles. The molecule has 0 saturated carbocycles. The number of amides is 1. The van der Waals surface area contributed by atoms with Crippen molar-refractivity contribution in [3.8, 4) is 0 Å². The van der Waals surface area contributed by atoms with Gasteiger partial charge in [0.05, 0.1) is 6.04 Å². The second kappa shape index (κ2) is 8.66. The van der Waals surface area contributed by atoms with Gasteiger partial charge >= 0.3 is 0 Å². The highest BCUT2D eigenvalue weighted by atomic mass is 16.5. The smallest absolute Gasteiger partial charge is 0.237 e. The Morgan fingerprint density at radius 3 is 2.78 bits per heavy atom. The average Bonchev–Trinajstić information content (AvgIpc) is 2.39. The normalized spacial score (nSPS) is 12.1. The SMILES string of the molecule is CCOCCCNC(=O)[C@H](N)Cc1ccccc1. The van der Waals surface area contributed by atoms with Crippen molar-refractivity contribution in [2.45, 2.75) is 25.8 Å². The molecule has 0 aromatic heterocycles. The van der Waals surface area contributed by atoms with Crippen LogP contribution in [0.5, 0.6) is 0 Å². The summed E-state index contributed by atoms with van der Waals surface area (Å²) in [5.74, 6) is -0.102. The molecule has 0 radical (unpaired) electrons. The molecule has 0 aliphatic carbocycles. The van der Waals surface area contributed by atoms with Crippen LogP contribution in [-0.2, 0) is 16.0 Å². The van der Waals surface area contributed by atoms with Crippen molar-refractivity contribution in [3.05, 3.63) is 35.9 Å². The predicted molar refractivity (Wildman–Crippen MR) is 72.2 cm³/mol. The van der Waals surface area contributed by atoms with Gasteiger partial charge < -0.3 is 15.8 Å². The fourth-order valence-electron chi connectivity index (χ4n) is 1.62. The zero-order valence-electron chi connectivity index (χ0n) is 10.9. The highest BCUT2D eigenvalue weighted by Crippen LogP contribution is 2.01. The predicted octanol–water partition coefficient (Wildman–Crippen LogP) is 1.10. The Morgan fingerprint density at radius 1 is 1.39 bits per heavy atom. The van der Waals surface area contributed by atoms with Crippen molar-refractivity contribution in [1.82, 2.24) is 5.32 Å². The van der Waals surface area contributed by atoms with E-state index in [4.69, 9.17) is 10.5 Å². The summed E-state index contributed by atoms with van der Waals surface area (Å²) in [4.78, 5) is 11.7. The molecule has 1 aromatic carbocycles. The van der Waals surface area contributed by atoms with Gasteiger partial charge in [0.1, 0.15) is 0 Å². The number of nitrogens with two attached hydrogens (primary N) is 1. The van der Waals surface area contributed by atoms with E-state index in [-0.39, 0.29) is 5.91 Å². The molecule has 1 rings (SSSR count). The summed E-state index contributed by atoms with van der Waals surface area (Å²) >= 11 is 0. The number of ether oxygens (including phenoxy) is 1. The number of hydrogen-bond donors (Lipinski definition) is 2. The zero-order valence-corrected chi connectivity index (χ0v) is 10.9. The van der Waals surface area contributed by atoms with Crippen molar-refractivity contribution in [2.24, 2.45) is 5.73 Å². The molecule has 0 spiro atoms. The van der Waals surface area contributed by atoms with E-state index in [1.807, 2.05) is 37.3 Å². The van der Waals surface area contributed by atoms with Gasteiger partial charge in [-0.3, -0.25) is 4.79 Å². The van der Waals surface area contributed by atoms with Gasteiger partial charge in [0, 0.05) is 19.8 Å². The summed E-state index contributed by atoms with van der Waals surface area (Å²) in [6.45, 7) is 3.95. The van der Waals surface area contributed by atoms with Crippen LogP contribution < -0.4 is 11.1 Å². The molecule has 0 aliphatic rings. The summed E-state index contributed by atoms with van der Waals surface area (Å²) in [5.41, 5.74) is 6.93. The van der Waals surface area contributed by atoms with Gasteiger partial charge in [-0.1, -0.05) is 30.3 Å². The summed E-state index contributed by atoms with van der Waals surface area (Å²) in [7, 11) is 0. The molecular weight excluding hydrogens is 228 g/mol. The van der Waals surface area contributed by atoms with Crippen LogP contribution >= 0.6 is 0 Å². The fraction of sp³-hybridized carbons (Fsp3) is 0.500. The molecule has 4 heteroatoms. The highest BCUT2D eigenvalue weighted by molar-refractivity contribution is 5.81. The second-order valence-electron chi connectivity index (χ2n) is 4.14. The minimum absolute atomic E-state index is 0.102. The lowest BCUT2D eigenvalue weighted by Gasteiger charge is -2.12. The Labute approximate surface area is 109 Å². The number of carbonyl (C=O) groups is 1. The third-order valence-corrected chi connectivity index (χ3v) is 2.60. The molecule has 1 amide bonds. The van der Waals surface area contributed by atoms with Crippen molar-refractivity contribution < 1.29 is 9.53 Å². The van der Waals surface area contributed by atoms with E-state index in [1.54, 1.807) is 0 Å². The van der Waals surface area contributed by atoms with Crippen molar-refractivity contribution >= 4 is 5.91 Å². The van der Waals surface area contributed by atoms with E-state index in [0.29, 0.717) is 26.2 Å². The van der Waals surface area contributed by atoms with Crippen molar-refractivity contribution in [1.29, 1.82) is 0 Å². The third kappa shape index (κ3) is 5.80. The zero-order chi connectivity index (χ0) is 13.2. The van der Waals surface area contributed by atoms with Crippen LogP contribution in [0.25, 0.3) is 0 Å².